The number of ether oxygens (including phenoxy) is 2. The van der Waals surface area contributed by atoms with E-state index in [9.17, 15) is 0 Å². The third-order valence-corrected chi connectivity index (χ3v) is 4.29. The Morgan fingerprint density at radius 1 is 1.07 bits per heavy atom. The first-order valence-corrected chi connectivity index (χ1v) is 9.97. The Labute approximate surface area is 167 Å². The van der Waals surface area contributed by atoms with Gasteiger partial charge in [0.1, 0.15) is 17.3 Å². The molecule has 154 valence electrons. The molecule has 0 aliphatic rings. The number of hydrogen-bond acceptors (Lipinski definition) is 5. The van der Waals surface area contributed by atoms with Crippen molar-refractivity contribution in [3.8, 4) is 11.5 Å². The van der Waals surface area contributed by atoms with Gasteiger partial charge in [-0.25, -0.2) is 4.99 Å². The van der Waals surface area contributed by atoms with Gasteiger partial charge in [0.05, 0.1) is 26.0 Å². The van der Waals surface area contributed by atoms with Crippen LogP contribution in [0.15, 0.2) is 33.8 Å². The SMILES string of the molecule is CCNC(=NCc1c(CC)noc1CC)NCCCOc1ccc(OC)cc1. The number of nitrogens with zero attached hydrogens (tertiary/aromatic N) is 2. The van der Waals surface area contributed by atoms with Crippen LogP contribution in [0.1, 0.15) is 44.2 Å². The second kappa shape index (κ2) is 11.9. The van der Waals surface area contributed by atoms with Gasteiger partial charge in [0.2, 0.25) is 0 Å². The number of aliphatic imine (C=N–C) groups is 1. The van der Waals surface area contributed by atoms with Gasteiger partial charge in [-0.1, -0.05) is 19.0 Å². The molecule has 1 heterocycles. The minimum absolute atomic E-state index is 0.563. The van der Waals surface area contributed by atoms with Crippen molar-refractivity contribution in [1.82, 2.24) is 15.8 Å². The standard InChI is InChI=1S/C21H32N4O3/c1-5-19-18(20(6-2)28-25-19)15-24-21(22-7-3)23-13-8-14-27-17-11-9-16(26-4)10-12-17/h9-12H,5-8,13-15H2,1-4H3,(H2,22,23,24). The van der Waals surface area contributed by atoms with Gasteiger partial charge in [-0.3, -0.25) is 0 Å². The molecule has 0 saturated heterocycles. The number of guanidine groups is 1. The van der Waals surface area contributed by atoms with E-state index in [1.54, 1.807) is 7.11 Å². The average molecular weight is 389 g/mol. The van der Waals surface area contributed by atoms with Crippen LogP contribution in [0.25, 0.3) is 0 Å². The molecule has 0 amide bonds. The van der Waals surface area contributed by atoms with Crippen molar-refractivity contribution in [2.45, 2.75) is 46.6 Å². The number of benzene rings is 1. The monoisotopic (exact) mass is 388 g/mol. The number of aryl methyl sites for hydroxylation is 2. The quantitative estimate of drug-likeness (QED) is 0.349. The summed E-state index contributed by atoms with van der Waals surface area (Å²) in [4.78, 5) is 4.69. The van der Waals surface area contributed by atoms with E-state index in [-0.39, 0.29) is 0 Å². The molecule has 2 rings (SSSR count). The molecule has 0 bridgehead atoms. The summed E-state index contributed by atoms with van der Waals surface area (Å²) in [6, 6.07) is 7.60. The molecule has 7 nitrogen and oxygen atoms in total. The van der Waals surface area contributed by atoms with E-state index < -0.39 is 0 Å². The Bertz CT molecular complexity index is 704. The summed E-state index contributed by atoms with van der Waals surface area (Å²) in [5.41, 5.74) is 2.09. The van der Waals surface area contributed by atoms with Crippen LogP contribution < -0.4 is 20.1 Å². The van der Waals surface area contributed by atoms with Crippen molar-refractivity contribution in [1.29, 1.82) is 0 Å². The topological polar surface area (TPSA) is 80.9 Å². The van der Waals surface area contributed by atoms with Crippen molar-refractivity contribution in [3.63, 3.8) is 0 Å². The molecular weight excluding hydrogens is 356 g/mol. The zero-order valence-electron chi connectivity index (χ0n) is 17.4. The first-order valence-electron chi connectivity index (χ1n) is 9.97. The van der Waals surface area contributed by atoms with Gasteiger partial charge in [0, 0.05) is 25.1 Å². The Morgan fingerprint density at radius 3 is 2.46 bits per heavy atom. The van der Waals surface area contributed by atoms with Crippen molar-refractivity contribution in [2.75, 3.05) is 26.8 Å². The van der Waals surface area contributed by atoms with Crippen LogP contribution in [-0.2, 0) is 19.4 Å². The van der Waals surface area contributed by atoms with Crippen LogP contribution in [0.2, 0.25) is 0 Å². The van der Waals surface area contributed by atoms with Crippen molar-refractivity contribution in [2.24, 2.45) is 4.99 Å². The number of methoxy groups -OCH3 is 1. The van der Waals surface area contributed by atoms with Gasteiger partial charge in [-0.15, -0.1) is 0 Å². The molecule has 0 spiro atoms. The lowest BCUT2D eigenvalue weighted by Crippen LogP contribution is -2.38. The minimum Gasteiger partial charge on any atom is -0.497 e. The van der Waals surface area contributed by atoms with Gasteiger partial charge in [0.15, 0.2) is 5.96 Å². The van der Waals surface area contributed by atoms with Crippen molar-refractivity contribution in [3.05, 3.63) is 41.3 Å². The van der Waals surface area contributed by atoms with Crippen LogP contribution in [0.4, 0.5) is 0 Å². The third-order valence-electron chi connectivity index (χ3n) is 4.29. The molecular formula is C21H32N4O3. The maximum atomic E-state index is 5.75. The first-order chi connectivity index (χ1) is 13.7. The fourth-order valence-electron chi connectivity index (χ4n) is 2.76. The molecule has 0 unspecified atom stereocenters. The fourth-order valence-corrected chi connectivity index (χ4v) is 2.76. The van der Waals surface area contributed by atoms with Crippen LogP contribution in [0, 0.1) is 0 Å². The summed E-state index contributed by atoms with van der Waals surface area (Å²) in [7, 11) is 1.65. The molecule has 0 fully saturated rings. The molecule has 28 heavy (non-hydrogen) atoms. The molecule has 0 radical (unpaired) electrons. The number of hydrogen-bond donors (Lipinski definition) is 2. The van der Waals surface area contributed by atoms with Crippen LogP contribution in [0.3, 0.4) is 0 Å². The number of nitrogens with one attached hydrogen (secondary N) is 2. The highest BCUT2D eigenvalue weighted by Crippen LogP contribution is 2.17. The first kappa shape index (κ1) is 21.6. The molecule has 2 aromatic rings. The van der Waals surface area contributed by atoms with Crippen LogP contribution in [0.5, 0.6) is 11.5 Å². The third kappa shape index (κ3) is 6.48. The predicted octanol–water partition coefficient (Wildman–Crippen LogP) is 3.33. The summed E-state index contributed by atoms with van der Waals surface area (Å²) in [5, 5.41) is 10.8. The van der Waals surface area contributed by atoms with Crippen LogP contribution >= 0.6 is 0 Å². The Morgan fingerprint density at radius 2 is 1.82 bits per heavy atom. The van der Waals surface area contributed by atoms with Crippen molar-refractivity contribution < 1.29 is 14.0 Å². The Hall–Kier alpha value is -2.70. The molecule has 0 aliphatic carbocycles. The lowest BCUT2D eigenvalue weighted by Gasteiger charge is -2.12. The Kier molecular flexibility index (Phi) is 9.18. The largest absolute Gasteiger partial charge is 0.497 e. The van der Waals surface area contributed by atoms with Gasteiger partial charge in [-0.2, -0.15) is 0 Å². The van der Waals surface area contributed by atoms with Crippen molar-refractivity contribution >= 4 is 5.96 Å². The van der Waals surface area contributed by atoms with Gasteiger partial charge >= 0.3 is 0 Å². The summed E-state index contributed by atoms with van der Waals surface area (Å²) in [5.74, 6) is 3.38. The highest BCUT2D eigenvalue weighted by molar-refractivity contribution is 5.79. The molecule has 2 N–H and O–H groups in total. The van der Waals surface area contributed by atoms with Gasteiger partial charge in [0.25, 0.3) is 0 Å². The normalized spacial score (nSPS) is 11.4. The highest BCUT2D eigenvalue weighted by Gasteiger charge is 2.13. The predicted molar refractivity (Wildman–Crippen MR) is 111 cm³/mol. The molecule has 0 atom stereocenters. The average Bonchev–Trinajstić information content (AvgIpc) is 3.14. The molecule has 0 aliphatic heterocycles. The number of rotatable bonds is 11. The van der Waals surface area contributed by atoms with E-state index in [4.69, 9.17) is 14.0 Å². The van der Waals surface area contributed by atoms with E-state index in [1.165, 1.54) is 0 Å². The van der Waals surface area contributed by atoms with E-state index in [0.29, 0.717) is 13.2 Å². The van der Waals surface area contributed by atoms with Crippen LogP contribution in [-0.4, -0.2) is 37.9 Å². The Balaban J connectivity index is 1.80. The summed E-state index contributed by atoms with van der Waals surface area (Å²) >= 11 is 0. The van der Waals surface area contributed by atoms with Gasteiger partial charge in [-0.05, 0) is 44.0 Å². The molecule has 1 aromatic heterocycles. The smallest absolute Gasteiger partial charge is 0.191 e. The fraction of sp³-hybridized carbons (Fsp3) is 0.524. The summed E-state index contributed by atoms with van der Waals surface area (Å²) < 4.78 is 16.3. The van der Waals surface area contributed by atoms with Gasteiger partial charge < -0.3 is 24.6 Å². The maximum Gasteiger partial charge on any atom is 0.191 e. The maximum absolute atomic E-state index is 5.75. The summed E-state index contributed by atoms with van der Waals surface area (Å²) in [6.07, 6.45) is 2.54. The highest BCUT2D eigenvalue weighted by atomic mass is 16.5. The van der Waals surface area contributed by atoms with E-state index in [2.05, 4.69) is 41.6 Å². The zero-order chi connectivity index (χ0) is 20.2. The van der Waals surface area contributed by atoms with E-state index in [1.807, 2.05) is 24.3 Å². The zero-order valence-corrected chi connectivity index (χ0v) is 17.4. The summed E-state index contributed by atoms with van der Waals surface area (Å²) in [6.45, 7) is 8.97. The van der Waals surface area contributed by atoms with E-state index >= 15 is 0 Å². The second-order valence-electron chi connectivity index (χ2n) is 6.24. The van der Waals surface area contributed by atoms with E-state index in [0.717, 1.165) is 66.8 Å². The lowest BCUT2D eigenvalue weighted by molar-refractivity contribution is 0.310. The molecule has 1 aromatic carbocycles. The molecule has 0 saturated carbocycles. The molecule has 7 heteroatoms. The minimum atomic E-state index is 0.563. The second-order valence-corrected chi connectivity index (χ2v) is 6.24. The lowest BCUT2D eigenvalue weighted by atomic mass is 10.1. The number of aromatic nitrogens is 1.